The van der Waals surface area contributed by atoms with Crippen LogP contribution in [0.25, 0.3) is 0 Å². The first kappa shape index (κ1) is 16.7. The van der Waals surface area contributed by atoms with Crippen molar-refractivity contribution in [2.24, 2.45) is 5.41 Å². The van der Waals surface area contributed by atoms with Gasteiger partial charge >= 0.3 is 0 Å². The summed E-state index contributed by atoms with van der Waals surface area (Å²) in [7, 11) is 0. The molecule has 0 bridgehead atoms. The molecule has 1 N–H and O–H groups in total. The Bertz CT molecular complexity index is 677. The van der Waals surface area contributed by atoms with Gasteiger partial charge in [0.2, 0.25) is 6.49 Å². The number of rotatable bonds is 4. The molecule has 1 aliphatic heterocycles. The molecule has 2 aromatic rings. The molecule has 2 aromatic carbocycles. The quantitative estimate of drug-likeness (QED) is 0.772. The molecular weight excluding hydrogens is 325 g/mol. The lowest BCUT2D eigenvalue weighted by molar-refractivity contribution is 0.0579. The number of hydrogen-bond donors (Lipinski definition) is 1. The summed E-state index contributed by atoms with van der Waals surface area (Å²) in [4.78, 5) is 0. The first-order chi connectivity index (χ1) is 11.0. The van der Waals surface area contributed by atoms with E-state index >= 15 is 0 Å². The monoisotopic (exact) mass is 347 g/mol. The summed E-state index contributed by atoms with van der Waals surface area (Å²) >= 11 is 5.86. The van der Waals surface area contributed by atoms with Crippen molar-refractivity contribution in [1.29, 1.82) is 0 Å². The van der Waals surface area contributed by atoms with Crippen LogP contribution in [0.4, 0.5) is 5.69 Å². The number of benzene rings is 2. The Labute approximate surface area is 143 Å². The molecule has 0 amide bonds. The zero-order chi connectivity index (χ0) is 16.3. The second-order valence-electron chi connectivity index (χ2n) is 6.57. The fourth-order valence-electron chi connectivity index (χ4n) is 2.43. The van der Waals surface area contributed by atoms with Crippen LogP contribution in [-0.2, 0) is 20.9 Å². The van der Waals surface area contributed by atoms with E-state index in [1.165, 1.54) is 0 Å². The second kappa shape index (κ2) is 6.74. The van der Waals surface area contributed by atoms with Crippen molar-refractivity contribution < 1.29 is 9.05 Å². The average molecular weight is 347 g/mol. The van der Waals surface area contributed by atoms with Crippen LogP contribution in [0.1, 0.15) is 25.2 Å². The topological polar surface area (TPSA) is 30.5 Å². The molecule has 1 heterocycles. The van der Waals surface area contributed by atoms with Crippen molar-refractivity contribution in [2.75, 3.05) is 18.5 Å². The first-order valence-electron chi connectivity index (χ1n) is 7.74. The molecule has 23 heavy (non-hydrogen) atoms. The van der Waals surface area contributed by atoms with E-state index in [1.54, 1.807) is 0 Å². The summed E-state index contributed by atoms with van der Waals surface area (Å²) in [5, 5.41) is 3.53. The molecule has 0 radical (unpaired) electrons. The van der Waals surface area contributed by atoms with Crippen molar-refractivity contribution in [1.82, 2.24) is 0 Å². The summed E-state index contributed by atoms with van der Waals surface area (Å²) in [6.45, 7) is 3.06. The van der Waals surface area contributed by atoms with Gasteiger partial charge in [-0.3, -0.25) is 0 Å². The first-order valence-corrected chi connectivity index (χ1v) is 10.4. The highest BCUT2D eigenvalue weighted by Gasteiger charge is 2.39. The van der Waals surface area contributed by atoms with Crippen LogP contribution in [0.5, 0.6) is 0 Å². The van der Waals surface area contributed by atoms with Gasteiger partial charge in [0.25, 0.3) is 0 Å². The third-order valence-electron chi connectivity index (χ3n) is 3.78. The highest BCUT2D eigenvalue weighted by Crippen LogP contribution is 2.64. The lowest BCUT2D eigenvalue weighted by Gasteiger charge is -2.40. The Hall–Kier alpha value is -1.19. The van der Waals surface area contributed by atoms with Gasteiger partial charge in [-0.05, 0) is 29.5 Å². The van der Waals surface area contributed by atoms with Crippen LogP contribution in [0, 0.1) is 5.41 Å². The van der Waals surface area contributed by atoms with Crippen molar-refractivity contribution >= 4 is 24.0 Å². The van der Waals surface area contributed by atoms with Gasteiger partial charge in [-0.25, -0.2) is 0 Å². The number of hydrogen-bond acceptors (Lipinski definition) is 4. The smallest absolute Gasteiger partial charge is 0.215 e. The van der Waals surface area contributed by atoms with E-state index < -0.39 is 6.49 Å². The Balaban J connectivity index is 1.91. The Morgan fingerprint density at radius 1 is 0.957 bits per heavy atom. The highest BCUT2D eigenvalue weighted by molar-refractivity contribution is 8.10. The maximum absolute atomic E-state index is 6.11. The largest absolute Gasteiger partial charge is 0.370 e. The van der Waals surface area contributed by atoms with Gasteiger partial charge < -0.3 is 14.4 Å². The summed E-state index contributed by atoms with van der Waals surface area (Å²) < 4.78 is 12.2. The van der Waals surface area contributed by atoms with Crippen LogP contribution < -0.4 is 5.32 Å². The van der Waals surface area contributed by atoms with Crippen LogP contribution >= 0.6 is 6.49 Å². The maximum Gasteiger partial charge on any atom is 0.215 e. The molecule has 1 saturated heterocycles. The van der Waals surface area contributed by atoms with E-state index in [4.69, 9.17) is 20.9 Å². The van der Waals surface area contributed by atoms with Crippen LogP contribution in [-0.4, -0.2) is 13.2 Å². The van der Waals surface area contributed by atoms with Crippen molar-refractivity contribution in [2.45, 2.75) is 19.6 Å². The molecule has 1 aliphatic rings. The standard InChI is InChI=1S/C18H22NO2PS/c1-18(2)13-20-22(23,21-14-18)17(15-9-5-3-6-10-15)19-16-11-7-4-8-12-16/h3-12,17,19H,13-14H2,1-2H3/t17-/m1/s1. The van der Waals surface area contributed by atoms with Gasteiger partial charge in [-0.1, -0.05) is 62.4 Å². The number of nitrogens with one attached hydrogen (secondary N) is 1. The van der Waals surface area contributed by atoms with Gasteiger partial charge in [0.15, 0.2) is 0 Å². The molecule has 1 fully saturated rings. The van der Waals surface area contributed by atoms with Crippen molar-refractivity contribution in [3.8, 4) is 0 Å². The second-order valence-corrected chi connectivity index (χ2v) is 10.2. The minimum atomic E-state index is -2.47. The molecule has 3 rings (SSSR count). The van der Waals surface area contributed by atoms with Gasteiger partial charge in [0.1, 0.15) is 5.78 Å². The molecule has 0 aromatic heterocycles. The molecule has 122 valence electrons. The summed E-state index contributed by atoms with van der Waals surface area (Å²) in [5.41, 5.74) is 2.12. The number of para-hydroxylation sites is 1. The van der Waals surface area contributed by atoms with E-state index in [2.05, 4.69) is 31.3 Å². The van der Waals surface area contributed by atoms with E-state index in [0.717, 1.165) is 11.3 Å². The van der Waals surface area contributed by atoms with Crippen molar-refractivity contribution in [3.63, 3.8) is 0 Å². The minimum absolute atomic E-state index is 0.0102. The highest BCUT2D eigenvalue weighted by atomic mass is 32.5. The predicted molar refractivity (Wildman–Crippen MR) is 99.2 cm³/mol. The SMILES string of the molecule is CC1(C)COP(=S)([C@@H](Nc2ccccc2)c2ccccc2)OC1. The Morgan fingerprint density at radius 2 is 1.48 bits per heavy atom. The fourth-order valence-corrected chi connectivity index (χ4v) is 5.55. The molecular formula is C18H22NO2PS. The van der Waals surface area contributed by atoms with Crippen LogP contribution in [0.15, 0.2) is 60.7 Å². The van der Waals surface area contributed by atoms with Gasteiger partial charge in [-0.2, -0.15) is 0 Å². The van der Waals surface area contributed by atoms with E-state index in [-0.39, 0.29) is 11.2 Å². The number of anilines is 1. The van der Waals surface area contributed by atoms with E-state index in [9.17, 15) is 0 Å². The Kier molecular flexibility index (Phi) is 4.88. The third-order valence-corrected chi connectivity index (χ3v) is 7.08. The molecule has 5 heteroatoms. The molecule has 0 spiro atoms. The lowest BCUT2D eigenvalue weighted by Crippen LogP contribution is -2.31. The average Bonchev–Trinajstić information content (AvgIpc) is 2.57. The van der Waals surface area contributed by atoms with Crippen LogP contribution in [0.2, 0.25) is 0 Å². The maximum atomic E-state index is 6.11. The summed E-state index contributed by atoms with van der Waals surface area (Å²) in [6, 6.07) is 20.3. The van der Waals surface area contributed by atoms with Gasteiger partial charge in [0.05, 0.1) is 13.2 Å². The van der Waals surface area contributed by atoms with E-state index in [0.29, 0.717) is 13.2 Å². The fraction of sp³-hybridized carbons (Fsp3) is 0.333. The molecule has 0 unspecified atom stereocenters. The zero-order valence-corrected chi connectivity index (χ0v) is 15.1. The molecule has 3 nitrogen and oxygen atoms in total. The third kappa shape index (κ3) is 4.02. The predicted octanol–water partition coefficient (Wildman–Crippen LogP) is 5.18. The van der Waals surface area contributed by atoms with Crippen LogP contribution in [0.3, 0.4) is 0 Å². The normalized spacial score (nSPS) is 20.6. The van der Waals surface area contributed by atoms with Gasteiger partial charge in [-0.15, -0.1) is 0 Å². The van der Waals surface area contributed by atoms with Crippen molar-refractivity contribution in [3.05, 3.63) is 66.2 Å². The molecule has 1 atom stereocenters. The van der Waals surface area contributed by atoms with Gasteiger partial charge in [0, 0.05) is 11.1 Å². The zero-order valence-electron chi connectivity index (χ0n) is 13.4. The lowest BCUT2D eigenvalue weighted by atomic mass is 9.97. The minimum Gasteiger partial charge on any atom is -0.370 e. The summed E-state index contributed by atoms with van der Waals surface area (Å²) in [6.07, 6.45) is 0. The molecule has 0 saturated carbocycles. The van der Waals surface area contributed by atoms with E-state index in [1.807, 2.05) is 48.5 Å². The summed E-state index contributed by atoms with van der Waals surface area (Å²) in [5.74, 6) is -0.155. The Morgan fingerprint density at radius 3 is 2.04 bits per heavy atom. The molecule has 0 aliphatic carbocycles.